The minimum Gasteiger partial charge on any atom is -0.460 e. The van der Waals surface area contributed by atoms with Crippen molar-refractivity contribution in [3.05, 3.63) is 9.90 Å². The molecular formula is C28H47IN6O8. The van der Waals surface area contributed by atoms with Crippen LogP contribution in [0.4, 0.5) is 4.79 Å². The number of amides is 3. The van der Waals surface area contributed by atoms with E-state index in [9.17, 15) is 24.0 Å². The van der Waals surface area contributed by atoms with Crippen molar-refractivity contribution in [3.63, 3.8) is 0 Å². The SMILES string of the molecule is CC(C)(C)OC(=O)CCC(NC(=O)NC(CCCCNC(=O)Cn1cc(I)nn1)C(=O)OC(C)(C)C)C(=O)OC(C)(C)C. The second kappa shape index (κ2) is 16.8. The molecule has 14 nitrogen and oxygen atoms in total. The Morgan fingerprint density at radius 2 is 1.33 bits per heavy atom. The molecule has 0 saturated heterocycles. The van der Waals surface area contributed by atoms with Crippen LogP contribution in [-0.2, 0) is 39.9 Å². The van der Waals surface area contributed by atoms with E-state index in [2.05, 4.69) is 26.3 Å². The molecule has 0 spiro atoms. The largest absolute Gasteiger partial charge is 0.460 e. The fourth-order valence-corrected chi connectivity index (χ4v) is 3.93. The number of halogens is 1. The van der Waals surface area contributed by atoms with Crippen LogP contribution in [0.3, 0.4) is 0 Å². The molecular weight excluding hydrogens is 675 g/mol. The molecule has 1 aromatic rings. The molecule has 43 heavy (non-hydrogen) atoms. The van der Waals surface area contributed by atoms with Gasteiger partial charge in [-0.05, 0) is 111 Å². The predicted molar refractivity (Wildman–Crippen MR) is 166 cm³/mol. The lowest BCUT2D eigenvalue weighted by Gasteiger charge is -2.27. The number of aromatic nitrogens is 3. The number of rotatable bonds is 14. The minimum atomic E-state index is -1.17. The molecule has 0 aliphatic carbocycles. The molecule has 0 aliphatic heterocycles. The first-order chi connectivity index (χ1) is 19.6. The van der Waals surface area contributed by atoms with Crippen LogP contribution in [0.25, 0.3) is 0 Å². The number of carbonyl (C=O) groups excluding carboxylic acids is 5. The van der Waals surface area contributed by atoms with E-state index in [1.165, 1.54) is 4.68 Å². The van der Waals surface area contributed by atoms with Crippen LogP contribution in [0.1, 0.15) is 94.4 Å². The topological polar surface area (TPSA) is 180 Å². The van der Waals surface area contributed by atoms with E-state index < -0.39 is 52.8 Å². The monoisotopic (exact) mass is 722 g/mol. The van der Waals surface area contributed by atoms with Crippen molar-refractivity contribution in [1.82, 2.24) is 30.9 Å². The molecule has 0 fully saturated rings. The third-order valence-electron chi connectivity index (χ3n) is 5.11. The summed E-state index contributed by atoms with van der Waals surface area (Å²) in [5.74, 6) is -2.13. The maximum Gasteiger partial charge on any atom is 0.329 e. The van der Waals surface area contributed by atoms with Crippen LogP contribution in [0.5, 0.6) is 0 Å². The zero-order valence-electron chi connectivity index (χ0n) is 26.7. The molecule has 15 heteroatoms. The summed E-state index contributed by atoms with van der Waals surface area (Å²) in [5, 5.41) is 15.6. The van der Waals surface area contributed by atoms with E-state index in [4.69, 9.17) is 14.2 Å². The molecule has 2 unspecified atom stereocenters. The van der Waals surface area contributed by atoms with Gasteiger partial charge in [-0.2, -0.15) is 0 Å². The summed E-state index contributed by atoms with van der Waals surface area (Å²) in [6.45, 7) is 15.8. The second-order valence-electron chi connectivity index (χ2n) is 13.0. The standard InChI is InChI=1S/C28H47IN6O8/c1-26(2,3)41-22(37)14-13-19(24(39)43-28(7,8)9)32-25(40)31-18(23(38)42-27(4,5)6)12-10-11-15-30-21(36)17-35-16-20(29)33-34-35/h16,18-19H,10-15,17H2,1-9H3,(H,30,36)(H2,31,32,40). The zero-order valence-corrected chi connectivity index (χ0v) is 28.8. The summed E-state index contributed by atoms with van der Waals surface area (Å²) in [6.07, 6.45) is 2.65. The van der Waals surface area contributed by atoms with E-state index in [0.717, 1.165) is 0 Å². The summed E-state index contributed by atoms with van der Waals surface area (Å²) >= 11 is 2.00. The second-order valence-corrected chi connectivity index (χ2v) is 14.1. The highest BCUT2D eigenvalue weighted by atomic mass is 127. The molecule has 1 heterocycles. The lowest BCUT2D eigenvalue weighted by Crippen LogP contribution is -2.53. The summed E-state index contributed by atoms with van der Waals surface area (Å²) in [5.41, 5.74) is -2.34. The number of urea groups is 1. The van der Waals surface area contributed by atoms with Gasteiger partial charge in [0.25, 0.3) is 0 Å². The number of nitrogens with one attached hydrogen (secondary N) is 3. The Hall–Kier alpha value is -2.98. The van der Waals surface area contributed by atoms with Gasteiger partial charge in [0.1, 0.15) is 39.1 Å². The smallest absolute Gasteiger partial charge is 0.329 e. The molecule has 244 valence electrons. The Morgan fingerprint density at radius 1 is 0.814 bits per heavy atom. The van der Waals surface area contributed by atoms with Crippen molar-refractivity contribution in [2.24, 2.45) is 0 Å². The Kier molecular flexibility index (Phi) is 14.8. The normalized spacial score (nSPS) is 13.3. The van der Waals surface area contributed by atoms with Gasteiger partial charge in [0.2, 0.25) is 5.91 Å². The van der Waals surface area contributed by atoms with Crippen molar-refractivity contribution in [3.8, 4) is 0 Å². The van der Waals surface area contributed by atoms with Gasteiger partial charge < -0.3 is 30.2 Å². The first-order valence-corrected chi connectivity index (χ1v) is 15.3. The molecule has 2 atom stereocenters. The van der Waals surface area contributed by atoms with Crippen molar-refractivity contribution >= 4 is 52.4 Å². The summed E-state index contributed by atoms with van der Waals surface area (Å²) < 4.78 is 18.3. The number of hydrogen-bond acceptors (Lipinski definition) is 10. The Bertz CT molecular complexity index is 1100. The quantitative estimate of drug-likeness (QED) is 0.112. The molecule has 3 amide bonds. The van der Waals surface area contributed by atoms with Gasteiger partial charge in [-0.1, -0.05) is 5.21 Å². The highest BCUT2D eigenvalue weighted by molar-refractivity contribution is 14.1. The number of unbranched alkanes of at least 4 members (excludes halogenated alkanes) is 1. The van der Waals surface area contributed by atoms with Gasteiger partial charge in [0.15, 0.2) is 0 Å². The van der Waals surface area contributed by atoms with Crippen molar-refractivity contribution in [2.45, 2.75) is 130 Å². The van der Waals surface area contributed by atoms with E-state index in [1.54, 1.807) is 68.5 Å². The van der Waals surface area contributed by atoms with E-state index in [-0.39, 0.29) is 31.7 Å². The lowest BCUT2D eigenvalue weighted by atomic mass is 10.1. The maximum absolute atomic E-state index is 13.0. The van der Waals surface area contributed by atoms with Gasteiger partial charge in [-0.25, -0.2) is 19.1 Å². The molecule has 0 aromatic carbocycles. The fourth-order valence-electron chi connectivity index (χ4n) is 3.51. The molecule has 0 radical (unpaired) electrons. The fraction of sp³-hybridized carbons (Fsp3) is 0.750. The third kappa shape index (κ3) is 18.3. The van der Waals surface area contributed by atoms with E-state index in [0.29, 0.717) is 23.1 Å². The van der Waals surface area contributed by atoms with Gasteiger partial charge in [0, 0.05) is 13.0 Å². The van der Waals surface area contributed by atoms with Crippen molar-refractivity contribution in [2.75, 3.05) is 6.54 Å². The van der Waals surface area contributed by atoms with Crippen LogP contribution in [0.2, 0.25) is 0 Å². The number of esters is 3. The van der Waals surface area contributed by atoms with Crippen LogP contribution in [0.15, 0.2) is 6.20 Å². The highest BCUT2D eigenvalue weighted by Crippen LogP contribution is 2.15. The summed E-state index contributed by atoms with van der Waals surface area (Å²) in [4.78, 5) is 63.2. The van der Waals surface area contributed by atoms with Crippen LogP contribution in [0, 0.1) is 3.70 Å². The Labute approximate surface area is 267 Å². The summed E-state index contributed by atoms with van der Waals surface area (Å²) in [7, 11) is 0. The molecule has 1 aromatic heterocycles. The number of hydrogen-bond donors (Lipinski definition) is 3. The maximum atomic E-state index is 13.0. The van der Waals surface area contributed by atoms with Crippen LogP contribution < -0.4 is 16.0 Å². The van der Waals surface area contributed by atoms with Crippen LogP contribution >= 0.6 is 22.6 Å². The lowest BCUT2D eigenvalue weighted by molar-refractivity contribution is -0.159. The van der Waals surface area contributed by atoms with Crippen molar-refractivity contribution in [1.29, 1.82) is 0 Å². The van der Waals surface area contributed by atoms with Crippen molar-refractivity contribution < 1.29 is 38.2 Å². The third-order valence-corrected chi connectivity index (χ3v) is 5.60. The van der Waals surface area contributed by atoms with E-state index >= 15 is 0 Å². The number of ether oxygens (including phenoxy) is 3. The molecule has 0 saturated carbocycles. The highest BCUT2D eigenvalue weighted by Gasteiger charge is 2.31. The zero-order chi connectivity index (χ0) is 33.0. The average molecular weight is 723 g/mol. The van der Waals surface area contributed by atoms with Gasteiger partial charge in [-0.3, -0.25) is 9.59 Å². The first kappa shape index (κ1) is 38.0. The summed E-state index contributed by atoms with van der Waals surface area (Å²) in [6, 6.07) is -3.00. The number of carbonyl (C=O) groups is 5. The Morgan fingerprint density at radius 3 is 1.79 bits per heavy atom. The Balaban J connectivity index is 2.81. The average Bonchev–Trinajstić information content (AvgIpc) is 3.21. The molecule has 3 N–H and O–H groups in total. The predicted octanol–water partition coefficient (Wildman–Crippen LogP) is 3.01. The molecule has 0 bridgehead atoms. The van der Waals surface area contributed by atoms with Gasteiger partial charge in [0.05, 0.1) is 6.20 Å². The molecule has 1 rings (SSSR count). The first-order valence-electron chi connectivity index (χ1n) is 14.2. The van der Waals surface area contributed by atoms with E-state index in [1.807, 2.05) is 22.6 Å². The number of nitrogens with zero attached hydrogens (tertiary/aromatic N) is 3. The molecule has 0 aliphatic rings. The van der Waals surface area contributed by atoms with Gasteiger partial charge in [-0.15, -0.1) is 5.10 Å². The minimum absolute atomic E-state index is 0.0327. The van der Waals surface area contributed by atoms with Gasteiger partial charge >= 0.3 is 23.9 Å². The van der Waals surface area contributed by atoms with Crippen LogP contribution in [-0.4, -0.2) is 80.3 Å².